The van der Waals surface area contributed by atoms with Gasteiger partial charge in [-0.1, -0.05) is 18.2 Å². The van der Waals surface area contributed by atoms with Crippen LogP contribution in [-0.4, -0.2) is 24.1 Å². The number of nitrogens with one attached hydrogen (secondary N) is 1. The SMILES string of the molecule is O=C(NCCCc1nc2ccccc2s1)N1CCc2ccc(F)cc21. The Bertz CT molecular complexity index is 891. The van der Waals surface area contributed by atoms with Gasteiger partial charge in [-0.3, -0.25) is 4.90 Å². The number of carbonyl (C=O) groups is 1. The molecule has 6 heteroatoms. The van der Waals surface area contributed by atoms with E-state index in [0.29, 0.717) is 18.8 Å². The van der Waals surface area contributed by atoms with Gasteiger partial charge in [0, 0.05) is 19.5 Å². The summed E-state index contributed by atoms with van der Waals surface area (Å²) in [7, 11) is 0. The maximum atomic E-state index is 13.4. The van der Waals surface area contributed by atoms with Gasteiger partial charge < -0.3 is 5.32 Å². The van der Waals surface area contributed by atoms with Crippen LogP contribution in [0.2, 0.25) is 0 Å². The number of rotatable bonds is 4. The maximum absolute atomic E-state index is 13.4. The minimum atomic E-state index is -0.311. The Morgan fingerprint density at radius 2 is 2.16 bits per heavy atom. The number of urea groups is 1. The van der Waals surface area contributed by atoms with Gasteiger partial charge in [0.25, 0.3) is 0 Å². The first kappa shape index (κ1) is 16.0. The average molecular weight is 355 g/mol. The molecule has 0 radical (unpaired) electrons. The zero-order valence-corrected chi connectivity index (χ0v) is 14.5. The third-order valence-corrected chi connectivity index (χ3v) is 5.47. The highest BCUT2D eigenvalue weighted by molar-refractivity contribution is 7.18. The van der Waals surface area contributed by atoms with Gasteiger partial charge >= 0.3 is 6.03 Å². The Labute approximate surface area is 149 Å². The number of anilines is 1. The second kappa shape index (κ2) is 6.80. The van der Waals surface area contributed by atoms with Gasteiger partial charge in [-0.25, -0.2) is 14.2 Å². The topological polar surface area (TPSA) is 45.2 Å². The van der Waals surface area contributed by atoms with Crippen molar-refractivity contribution in [3.8, 4) is 0 Å². The third kappa shape index (κ3) is 3.35. The predicted molar refractivity (Wildman–Crippen MR) is 98.8 cm³/mol. The number of aromatic nitrogens is 1. The second-order valence-electron chi connectivity index (χ2n) is 6.09. The summed E-state index contributed by atoms with van der Waals surface area (Å²) in [5.74, 6) is -0.311. The van der Waals surface area contributed by atoms with Crippen molar-refractivity contribution in [3.05, 3.63) is 58.9 Å². The van der Waals surface area contributed by atoms with Crippen LogP contribution < -0.4 is 10.2 Å². The molecule has 1 aliphatic heterocycles. The smallest absolute Gasteiger partial charge is 0.321 e. The Kier molecular flexibility index (Phi) is 4.36. The van der Waals surface area contributed by atoms with Crippen LogP contribution in [0.25, 0.3) is 10.2 Å². The Balaban J connectivity index is 1.30. The lowest BCUT2D eigenvalue weighted by Crippen LogP contribution is -2.39. The lowest BCUT2D eigenvalue weighted by molar-refractivity contribution is 0.246. The van der Waals surface area contributed by atoms with Crippen LogP contribution in [0.1, 0.15) is 17.0 Å². The predicted octanol–water partition coefficient (Wildman–Crippen LogP) is 4.14. The van der Waals surface area contributed by atoms with E-state index in [9.17, 15) is 9.18 Å². The minimum absolute atomic E-state index is 0.159. The number of para-hydroxylation sites is 1. The molecule has 0 atom stereocenters. The van der Waals surface area contributed by atoms with E-state index >= 15 is 0 Å². The molecule has 0 fully saturated rings. The molecule has 4 rings (SSSR count). The largest absolute Gasteiger partial charge is 0.338 e. The van der Waals surface area contributed by atoms with Crippen molar-refractivity contribution in [1.82, 2.24) is 10.3 Å². The number of nitrogens with zero attached hydrogens (tertiary/aromatic N) is 2. The van der Waals surface area contributed by atoms with Gasteiger partial charge in [-0.2, -0.15) is 0 Å². The van der Waals surface area contributed by atoms with Crippen LogP contribution in [0.3, 0.4) is 0 Å². The molecule has 128 valence electrons. The normalized spacial score (nSPS) is 13.2. The lowest BCUT2D eigenvalue weighted by atomic mass is 10.2. The molecule has 0 aliphatic carbocycles. The van der Waals surface area contributed by atoms with E-state index in [2.05, 4.69) is 16.4 Å². The summed E-state index contributed by atoms with van der Waals surface area (Å²) in [6.07, 6.45) is 2.44. The van der Waals surface area contributed by atoms with Gasteiger partial charge in [-0.05, 0) is 42.7 Å². The van der Waals surface area contributed by atoms with E-state index in [1.807, 2.05) is 18.2 Å². The molecule has 2 aromatic carbocycles. The molecular weight excluding hydrogens is 337 g/mol. The Morgan fingerprint density at radius 1 is 1.28 bits per heavy atom. The molecular formula is C19H18FN3OS. The van der Waals surface area contributed by atoms with Crippen LogP contribution in [0, 0.1) is 5.82 Å². The van der Waals surface area contributed by atoms with Crippen molar-refractivity contribution in [2.75, 3.05) is 18.0 Å². The highest BCUT2D eigenvalue weighted by atomic mass is 32.1. The first-order valence-corrected chi connectivity index (χ1v) is 9.20. The highest BCUT2D eigenvalue weighted by Gasteiger charge is 2.24. The van der Waals surface area contributed by atoms with E-state index in [1.54, 1.807) is 22.3 Å². The van der Waals surface area contributed by atoms with Crippen molar-refractivity contribution in [1.29, 1.82) is 0 Å². The molecule has 1 aromatic heterocycles. The van der Waals surface area contributed by atoms with E-state index < -0.39 is 0 Å². The number of amides is 2. The highest BCUT2D eigenvalue weighted by Crippen LogP contribution is 2.28. The standard InChI is InChI=1S/C19H18FN3OS/c20-14-8-7-13-9-11-23(16(13)12-14)19(24)21-10-3-6-18-22-15-4-1-2-5-17(15)25-18/h1-2,4-5,7-8,12H,3,6,9-11H2,(H,21,24). The number of thiazole rings is 1. The van der Waals surface area contributed by atoms with Crippen molar-refractivity contribution in [3.63, 3.8) is 0 Å². The fourth-order valence-electron chi connectivity index (χ4n) is 3.12. The van der Waals surface area contributed by atoms with Gasteiger partial charge in [0.15, 0.2) is 0 Å². The molecule has 25 heavy (non-hydrogen) atoms. The third-order valence-electron chi connectivity index (χ3n) is 4.37. The molecule has 2 heterocycles. The number of hydrogen-bond donors (Lipinski definition) is 1. The molecule has 1 aliphatic rings. The zero-order chi connectivity index (χ0) is 17.2. The summed E-state index contributed by atoms with van der Waals surface area (Å²) in [5.41, 5.74) is 2.73. The molecule has 0 saturated heterocycles. The lowest BCUT2D eigenvalue weighted by Gasteiger charge is -2.18. The first-order chi connectivity index (χ1) is 12.2. The van der Waals surface area contributed by atoms with E-state index in [-0.39, 0.29) is 11.8 Å². The quantitative estimate of drug-likeness (QED) is 0.715. The van der Waals surface area contributed by atoms with Gasteiger partial charge in [-0.15, -0.1) is 11.3 Å². The van der Waals surface area contributed by atoms with Crippen molar-refractivity contribution >= 4 is 33.3 Å². The number of carbonyl (C=O) groups excluding carboxylic acids is 1. The van der Waals surface area contributed by atoms with Crippen LogP contribution in [-0.2, 0) is 12.8 Å². The Hall–Kier alpha value is -2.47. The molecule has 2 amide bonds. The molecule has 0 unspecified atom stereocenters. The zero-order valence-electron chi connectivity index (χ0n) is 13.7. The minimum Gasteiger partial charge on any atom is -0.338 e. The number of aryl methyl sites for hydroxylation is 1. The summed E-state index contributed by atoms with van der Waals surface area (Å²) in [4.78, 5) is 18.6. The second-order valence-corrected chi connectivity index (χ2v) is 7.20. The first-order valence-electron chi connectivity index (χ1n) is 8.39. The average Bonchev–Trinajstić information content (AvgIpc) is 3.21. The fraction of sp³-hybridized carbons (Fsp3) is 0.263. The van der Waals surface area contributed by atoms with Crippen molar-refractivity contribution < 1.29 is 9.18 Å². The molecule has 1 N–H and O–H groups in total. The van der Waals surface area contributed by atoms with Crippen LogP contribution >= 0.6 is 11.3 Å². The summed E-state index contributed by atoms with van der Waals surface area (Å²) >= 11 is 1.70. The molecule has 0 saturated carbocycles. The van der Waals surface area contributed by atoms with E-state index in [0.717, 1.165) is 35.4 Å². The number of hydrogen-bond acceptors (Lipinski definition) is 3. The molecule has 4 nitrogen and oxygen atoms in total. The summed E-state index contributed by atoms with van der Waals surface area (Å²) < 4.78 is 14.6. The van der Waals surface area contributed by atoms with Crippen LogP contribution in [0.4, 0.5) is 14.9 Å². The van der Waals surface area contributed by atoms with Crippen molar-refractivity contribution in [2.24, 2.45) is 0 Å². The summed E-state index contributed by atoms with van der Waals surface area (Å²) in [6.45, 7) is 1.18. The molecule has 0 spiro atoms. The van der Waals surface area contributed by atoms with Gasteiger partial charge in [0.2, 0.25) is 0 Å². The summed E-state index contributed by atoms with van der Waals surface area (Å²) in [6, 6.07) is 12.6. The fourth-order valence-corrected chi connectivity index (χ4v) is 4.13. The Morgan fingerprint density at radius 3 is 3.04 bits per heavy atom. The number of benzene rings is 2. The van der Waals surface area contributed by atoms with E-state index in [1.165, 1.54) is 16.8 Å². The van der Waals surface area contributed by atoms with E-state index in [4.69, 9.17) is 0 Å². The molecule has 0 bridgehead atoms. The van der Waals surface area contributed by atoms with Crippen molar-refractivity contribution in [2.45, 2.75) is 19.3 Å². The van der Waals surface area contributed by atoms with Gasteiger partial charge in [0.1, 0.15) is 5.82 Å². The maximum Gasteiger partial charge on any atom is 0.321 e. The molecule has 3 aromatic rings. The van der Waals surface area contributed by atoms with Gasteiger partial charge in [0.05, 0.1) is 20.9 Å². The van der Waals surface area contributed by atoms with Crippen LogP contribution in [0.5, 0.6) is 0 Å². The number of halogens is 1. The monoisotopic (exact) mass is 355 g/mol. The van der Waals surface area contributed by atoms with Crippen LogP contribution in [0.15, 0.2) is 42.5 Å². The summed E-state index contributed by atoms with van der Waals surface area (Å²) in [5, 5.41) is 4.02. The number of fused-ring (bicyclic) bond motifs is 2.